The number of carbonyl (C=O) groups is 1. The average Bonchev–Trinajstić information content (AvgIpc) is 3.12. The minimum Gasteiger partial charge on any atom is -0.370 e. The number of rotatable bonds is 2. The van der Waals surface area contributed by atoms with Gasteiger partial charge in [-0.2, -0.15) is 0 Å². The number of pyridine rings is 1. The number of carbonyl (C=O) groups excluding carboxylic acids is 1. The number of fused-ring (bicyclic) bond motifs is 1. The molecular weight excluding hydrogens is 340 g/mol. The van der Waals surface area contributed by atoms with Crippen LogP contribution in [-0.4, -0.2) is 90.2 Å². The van der Waals surface area contributed by atoms with E-state index in [4.69, 9.17) is 4.74 Å². The lowest BCUT2D eigenvalue weighted by Gasteiger charge is -2.47. The van der Waals surface area contributed by atoms with Gasteiger partial charge in [0.2, 0.25) is 0 Å². The lowest BCUT2D eigenvalue weighted by molar-refractivity contribution is -0.0951. The van der Waals surface area contributed by atoms with Gasteiger partial charge in [0.05, 0.1) is 19.7 Å². The van der Waals surface area contributed by atoms with Crippen LogP contribution in [0.2, 0.25) is 0 Å². The number of hydrogen-bond acceptors (Lipinski definition) is 5. The van der Waals surface area contributed by atoms with Gasteiger partial charge in [0.15, 0.2) is 0 Å². The van der Waals surface area contributed by atoms with E-state index in [9.17, 15) is 4.79 Å². The average molecular weight is 366 g/mol. The molecule has 1 aromatic carbocycles. The van der Waals surface area contributed by atoms with E-state index in [0.717, 1.165) is 50.0 Å². The van der Waals surface area contributed by atoms with E-state index in [1.54, 1.807) is 6.20 Å². The number of likely N-dealkylation sites (tertiary alicyclic amines) is 1. The summed E-state index contributed by atoms with van der Waals surface area (Å²) in [6, 6.07) is 10.4. The number of nitrogens with zero attached hydrogens (tertiary/aromatic N) is 4. The molecule has 0 aliphatic carbocycles. The van der Waals surface area contributed by atoms with E-state index >= 15 is 0 Å². The van der Waals surface area contributed by atoms with Crippen LogP contribution in [0.15, 0.2) is 36.5 Å². The molecule has 142 valence electrons. The van der Waals surface area contributed by atoms with Gasteiger partial charge in [0, 0.05) is 43.8 Å². The Morgan fingerprint density at radius 2 is 1.93 bits per heavy atom. The van der Waals surface area contributed by atoms with Gasteiger partial charge in [0.25, 0.3) is 5.91 Å². The number of piperazine rings is 1. The van der Waals surface area contributed by atoms with Gasteiger partial charge in [0.1, 0.15) is 11.3 Å². The third-order valence-corrected chi connectivity index (χ3v) is 6.37. The zero-order valence-electron chi connectivity index (χ0n) is 15.8. The van der Waals surface area contributed by atoms with Crippen LogP contribution in [0, 0.1) is 0 Å². The minimum absolute atomic E-state index is 0.0177. The standard InChI is InChI=1S/C21H26N4O2/c1-23-8-10-24(11-9-23)17-12-21(27-13-17)14-25(15-21)20(26)19-18-5-3-2-4-16(18)6-7-22-19/h2-7,17H,8-15H2,1H3. The second-order valence-electron chi connectivity index (χ2n) is 8.23. The first-order chi connectivity index (χ1) is 13.1. The molecule has 0 N–H and O–H groups in total. The zero-order chi connectivity index (χ0) is 18.4. The molecule has 4 heterocycles. The Labute approximate surface area is 159 Å². The Morgan fingerprint density at radius 1 is 1.15 bits per heavy atom. The molecule has 3 saturated heterocycles. The quantitative estimate of drug-likeness (QED) is 0.806. The fourth-order valence-electron chi connectivity index (χ4n) is 4.70. The van der Waals surface area contributed by atoms with Crippen molar-refractivity contribution in [3.05, 3.63) is 42.2 Å². The Morgan fingerprint density at radius 3 is 2.74 bits per heavy atom. The van der Waals surface area contributed by atoms with E-state index in [1.165, 1.54) is 0 Å². The van der Waals surface area contributed by atoms with Crippen molar-refractivity contribution in [2.45, 2.75) is 18.1 Å². The van der Waals surface area contributed by atoms with Crippen LogP contribution < -0.4 is 0 Å². The second-order valence-corrected chi connectivity index (χ2v) is 8.23. The van der Waals surface area contributed by atoms with Gasteiger partial charge in [-0.15, -0.1) is 0 Å². The smallest absolute Gasteiger partial charge is 0.273 e. The molecule has 6 nitrogen and oxygen atoms in total. The molecule has 1 atom stereocenters. The molecule has 1 aromatic heterocycles. The predicted molar refractivity (Wildman–Crippen MR) is 104 cm³/mol. The first-order valence-electron chi connectivity index (χ1n) is 9.83. The third kappa shape index (κ3) is 3.02. The number of likely N-dealkylation sites (N-methyl/N-ethyl adjacent to an activating group) is 1. The van der Waals surface area contributed by atoms with Crippen molar-refractivity contribution in [3.63, 3.8) is 0 Å². The molecule has 3 aliphatic heterocycles. The van der Waals surface area contributed by atoms with Gasteiger partial charge < -0.3 is 14.5 Å². The van der Waals surface area contributed by atoms with Crippen LogP contribution in [0.1, 0.15) is 16.9 Å². The van der Waals surface area contributed by atoms with Crippen molar-refractivity contribution >= 4 is 16.7 Å². The summed E-state index contributed by atoms with van der Waals surface area (Å²) in [7, 11) is 2.18. The highest BCUT2D eigenvalue weighted by Crippen LogP contribution is 2.38. The second kappa shape index (κ2) is 6.55. The van der Waals surface area contributed by atoms with Gasteiger partial charge in [-0.1, -0.05) is 24.3 Å². The molecule has 0 bridgehead atoms. The third-order valence-electron chi connectivity index (χ3n) is 6.37. The van der Waals surface area contributed by atoms with Gasteiger partial charge in [-0.3, -0.25) is 14.7 Å². The topological polar surface area (TPSA) is 48.9 Å². The van der Waals surface area contributed by atoms with Crippen LogP contribution in [0.25, 0.3) is 10.8 Å². The molecule has 3 fully saturated rings. The minimum atomic E-state index is -0.145. The van der Waals surface area contributed by atoms with Crippen LogP contribution in [-0.2, 0) is 4.74 Å². The lowest BCUT2D eigenvalue weighted by Crippen LogP contribution is -2.63. The van der Waals surface area contributed by atoms with E-state index in [-0.39, 0.29) is 11.5 Å². The molecule has 1 spiro atoms. The highest BCUT2D eigenvalue weighted by molar-refractivity contribution is 6.05. The molecule has 0 radical (unpaired) electrons. The van der Waals surface area contributed by atoms with E-state index in [2.05, 4.69) is 21.8 Å². The number of benzene rings is 1. The summed E-state index contributed by atoms with van der Waals surface area (Å²) in [6.45, 7) is 6.63. The Bertz CT molecular complexity index is 851. The van der Waals surface area contributed by atoms with Crippen molar-refractivity contribution < 1.29 is 9.53 Å². The first-order valence-corrected chi connectivity index (χ1v) is 9.83. The molecule has 1 unspecified atom stereocenters. The molecule has 6 heteroatoms. The maximum Gasteiger partial charge on any atom is 0.273 e. The summed E-state index contributed by atoms with van der Waals surface area (Å²) in [6.07, 6.45) is 2.75. The van der Waals surface area contributed by atoms with Crippen molar-refractivity contribution in [1.82, 2.24) is 19.7 Å². The number of ether oxygens (including phenoxy) is 1. The molecule has 3 aliphatic rings. The Hall–Kier alpha value is -2.02. The van der Waals surface area contributed by atoms with Crippen LogP contribution in [0.3, 0.4) is 0 Å². The summed E-state index contributed by atoms with van der Waals surface area (Å²) in [5.41, 5.74) is 0.408. The maximum absolute atomic E-state index is 13.0. The summed E-state index contributed by atoms with van der Waals surface area (Å²) in [5, 5.41) is 1.98. The van der Waals surface area contributed by atoms with Crippen molar-refractivity contribution in [3.8, 4) is 0 Å². The summed E-state index contributed by atoms with van der Waals surface area (Å²) < 4.78 is 6.20. The van der Waals surface area contributed by atoms with Crippen molar-refractivity contribution in [2.75, 3.05) is 52.9 Å². The van der Waals surface area contributed by atoms with Gasteiger partial charge in [-0.25, -0.2) is 0 Å². The molecule has 5 rings (SSSR count). The normalized spacial score (nSPS) is 25.8. The SMILES string of the molecule is CN1CCN(C2COC3(C2)CN(C(=O)c2nccc4ccccc24)C3)CC1. The molecule has 0 saturated carbocycles. The maximum atomic E-state index is 13.0. The summed E-state index contributed by atoms with van der Waals surface area (Å²) in [5.74, 6) is 0.0177. The van der Waals surface area contributed by atoms with E-state index < -0.39 is 0 Å². The van der Waals surface area contributed by atoms with Crippen LogP contribution in [0.4, 0.5) is 0 Å². The zero-order valence-corrected chi connectivity index (χ0v) is 15.8. The van der Waals surface area contributed by atoms with Crippen LogP contribution >= 0.6 is 0 Å². The van der Waals surface area contributed by atoms with Crippen LogP contribution in [0.5, 0.6) is 0 Å². The fraction of sp³-hybridized carbons (Fsp3) is 0.524. The first kappa shape index (κ1) is 17.1. The monoisotopic (exact) mass is 366 g/mol. The van der Waals surface area contributed by atoms with Crippen molar-refractivity contribution in [1.29, 1.82) is 0 Å². The molecular formula is C21H26N4O2. The number of amides is 1. The molecule has 1 amide bonds. The highest BCUT2D eigenvalue weighted by Gasteiger charge is 2.52. The summed E-state index contributed by atoms with van der Waals surface area (Å²) >= 11 is 0. The molecule has 2 aromatic rings. The van der Waals surface area contributed by atoms with Gasteiger partial charge in [-0.05, 0) is 24.9 Å². The van der Waals surface area contributed by atoms with Crippen molar-refractivity contribution in [2.24, 2.45) is 0 Å². The largest absolute Gasteiger partial charge is 0.370 e. The van der Waals surface area contributed by atoms with Gasteiger partial charge >= 0.3 is 0 Å². The molecule has 27 heavy (non-hydrogen) atoms. The Kier molecular flexibility index (Phi) is 4.15. The lowest BCUT2D eigenvalue weighted by atomic mass is 9.88. The Balaban J connectivity index is 1.25. The predicted octanol–water partition coefficient (Wildman–Crippen LogP) is 1.47. The summed E-state index contributed by atoms with van der Waals surface area (Å²) in [4.78, 5) is 24.2. The van der Waals surface area contributed by atoms with E-state index in [0.29, 0.717) is 24.8 Å². The number of hydrogen-bond donors (Lipinski definition) is 0. The van der Waals surface area contributed by atoms with E-state index in [1.807, 2.05) is 35.2 Å². The number of aromatic nitrogens is 1. The highest BCUT2D eigenvalue weighted by atomic mass is 16.5. The fourth-order valence-corrected chi connectivity index (χ4v) is 4.70.